The van der Waals surface area contributed by atoms with Crippen LogP contribution in [0.2, 0.25) is 0 Å². The third-order valence-electron chi connectivity index (χ3n) is 4.97. The molecule has 15 heteroatoms. The van der Waals surface area contributed by atoms with Crippen LogP contribution in [0.3, 0.4) is 0 Å². The quantitative estimate of drug-likeness (QED) is 0.0573. The first-order valence-electron chi connectivity index (χ1n) is 10.7. The number of aliphatic hydroxyl groups is 1. The van der Waals surface area contributed by atoms with E-state index in [1.807, 2.05) is 12.2 Å². The highest BCUT2D eigenvalue weighted by atomic mass is 16.4. The van der Waals surface area contributed by atoms with E-state index in [2.05, 4.69) is 15.6 Å². The van der Waals surface area contributed by atoms with Gasteiger partial charge >= 0.3 is 5.97 Å². The molecule has 0 aliphatic heterocycles. The Kier molecular flexibility index (Phi) is 13.8. The van der Waals surface area contributed by atoms with E-state index in [1.54, 1.807) is 6.92 Å². The van der Waals surface area contributed by atoms with Crippen molar-refractivity contribution in [3.8, 4) is 0 Å². The molecule has 0 radical (unpaired) electrons. The average Bonchev–Trinajstić information content (AvgIpc) is 2.76. The van der Waals surface area contributed by atoms with E-state index in [0.717, 1.165) is 0 Å². The van der Waals surface area contributed by atoms with Crippen molar-refractivity contribution in [2.45, 2.75) is 63.7 Å². The number of aliphatic carboxylic acids is 1. The second-order valence-electron chi connectivity index (χ2n) is 7.73. The van der Waals surface area contributed by atoms with E-state index < -0.39 is 66.8 Å². The Labute approximate surface area is 197 Å². The number of aliphatic hydroxyl groups excluding tert-OH is 1. The van der Waals surface area contributed by atoms with Crippen molar-refractivity contribution in [1.82, 2.24) is 16.0 Å². The van der Waals surface area contributed by atoms with Gasteiger partial charge in [0.25, 0.3) is 0 Å². The predicted octanol–water partition coefficient (Wildman–Crippen LogP) is -4.18. The first kappa shape index (κ1) is 30.5. The van der Waals surface area contributed by atoms with Crippen molar-refractivity contribution in [2.75, 3.05) is 13.2 Å². The summed E-state index contributed by atoms with van der Waals surface area (Å²) in [5, 5.41) is 25.4. The highest BCUT2D eigenvalue weighted by Gasteiger charge is 2.31. The summed E-state index contributed by atoms with van der Waals surface area (Å²) in [5.41, 5.74) is 21.4. The minimum Gasteiger partial charge on any atom is -0.480 e. The van der Waals surface area contributed by atoms with E-state index >= 15 is 0 Å². The minimum atomic E-state index is -1.65. The van der Waals surface area contributed by atoms with Gasteiger partial charge in [0, 0.05) is 6.54 Å². The maximum absolute atomic E-state index is 12.8. The second kappa shape index (κ2) is 15.4. The van der Waals surface area contributed by atoms with Crippen LogP contribution in [0.15, 0.2) is 4.99 Å². The van der Waals surface area contributed by atoms with Gasteiger partial charge in [-0.2, -0.15) is 0 Å². The maximum atomic E-state index is 12.8. The van der Waals surface area contributed by atoms with Crippen LogP contribution in [0, 0.1) is 5.92 Å². The number of primary amides is 1. The fourth-order valence-electron chi connectivity index (χ4n) is 2.69. The van der Waals surface area contributed by atoms with Crippen LogP contribution in [-0.4, -0.2) is 83.1 Å². The topological polar surface area (TPSA) is 278 Å². The molecule has 0 aromatic heterocycles. The van der Waals surface area contributed by atoms with Crippen molar-refractivity contribution in [2.24, 2.45) is 33.8 Å². The van der Waals surface area contributed by atoms with E-state index in [0.29, 0.717) is 6.42 Å². The smallest absolute Gasteiger partial charge is 0.326 e. The molecular formula is C19H36N8O7. The van der Waals surface area contributed by atoms with Gasteiger partial charge in [-0.15, -0.1) is 0 Å². The lowest BCUT2D eigenvalue weighted by Gasteiger charge is -2.25. The molecule has 5 atom stereocenters. The van der Waals surface area contributed by atoms with Gasteiger partial charge in [0.15, 0.2) is 5.96 Å². The molecule has 0 saturated heterocycles. The Morgan fingerprint density at radius 2 is 1.44 bits per heavy atom. The zero-order valence-electron chi connectivity index (χ0n) is 19.3. The van der Waals surface area contributed by atoms with Crippen molar-refractivity contribution in [3.63, 3.8) is 0 Å². The third-order valence-corrected chi connectivity index (χ3v) is 4.97. The Morgan fingerprint density at radius 1 is 0.912 bits per heavy atom. The first-order chi connectivity index (χ1) is 15.8. The van der Waals surface area contributed by atoms with E-state index in [1.165, 1.54) is 0 Å². The molecular weight excluding hydrogens is 452 g/mol. The average molecular weight is 489 g/mol. The van der Waals surface area contributed by atoms with Crippen LogP contribution in [-0.2, 0) is 24.0 Å². The van der Waals surface area contributed by atoms with Crippen molar-refractivity contribution in [1.29, 1.82) is 0 Å². The molecule has 4 amide bonds. The van der Waals surface area contributed by atoms with Crippen LogP contribution in [0.25, 0.3) is 0 Å². The van der Waals surface area contributed by atoms with Crippen molar-refractivity contribution < 1.29 is 34.2 Å². The summed E-state index contributed by atoms with van der Waals surface area (Å²) in [6.07, 6.45) is 0.286. The molecule has 0 rings (SSSR count). The Bertz CT molecular complexity index is 757. The Hall–Kier alpha value is -3.46. The van der Waals surface area contributed by atoms with Gasteiger partial charge in [-0.05, 0) is 18.8 Å². The van der Waals surface area contributed by atoms with E-state index in [4.69, 9.17) is 28.0 Å². The number of nitrogens with two attached hydrogens (primary N) is 4. The third kappa shape index (κ3) is 11.4. The summed E-state index contributed by atoms with van der Waals surface area (Å²) in [6, 6.07) is -5.26. The molecule has 0 spiro atoms. The Morgan fingerprint density at radius 3 is 1.91 bits per heavy atom. The molecule has 0 aromatic rings. The van der Waals surface area contributed by atoms with Crippen LogP contribution in [0.1, 0.15) is 39.5 Å². The number of amides is 4. The number of nitrogens with one attached hydrogen (secondary N) is 3. The molecule has 0 heterocycles. The fraction of sp³-hybridized carbons (Fsp3) is 0.684. The standard InChI is InChI=1S/C19H36N8O7/c1-3-9(2)14(21)17(32)25-10(5-4-6-24-19(22)23)15(30)27-12(8-28)16(31)26-11(18(33)34)7-13(20)29/h9-12,14,28H,3-8,21H2,1-2H3,(H2,20,29)(H,25,32)(H,26,31)(H,27,30)(H,33,34)(H4,22,23,24). The molecule has 194 valence electrons. The second-order valence-corrected chi connectivity index (χ2v) is 7.73. The molecule has 15 nitrogen and oxygen atoms in total. The van der Waals surface area contributed by atoms with E-state index in [9.17, 15) is 29.1 Å². The van der Waals surface area contributed by atoms with Gasteiger partial charge in [0.05, 0.1) is 19.1 Å². The molecule has 13 N–H and O–H groups in total. The van der Waals surface area contributed by atoms with E-state index in [-0.39, 0.29) is 31.3 Å². The van der Waals surface area contributed by atoms with Crippen LogP contribution >= 0.6 is 0 Å². The summed E-state index contributed by atoms with van der Waals surface area (Å²) in [5.74, 6) is -5.30. The number of aliphatic imine (C=N–C) groups is 1. The summed E-state index contributed by atoms with van der Waals surface area (Å²) in [4.78, 5) is 63.7. The molecule has 0 aliphatic carbocycles. The van der Waals surface area contributed by atoms with Gasteiger partial charge in [0.2, 0.25) is 23.6 Å². The maximum Gasteiger partial charge on any atom is 0.326 e. The van der Waals surface area contributed by atoms with Gasteiger partial charge in [-0.25, -0.2) is 4.79 Å². The Balaban J connectivity index is 5.41. The van der Waals surface area contributed by atoms with Gasteiger partial charge in [0.1, 0.15) is 18.1 Å². The highest BCUT2D eigenvalue weighted by molar-refractivity contribution is 5.95. The largest absolute Gasteiger partial charge is 0.480 e. The number of nitrogens with zero attached hydrogens (tertiary/aromatic N) is 1. The highest BCUT2D eigenvalue weighted by Crippen LogP contribution is 2.07. The summed E-state index contributed by atoms with van der Waals surface area (Å²) in [7, 11) is 0. The fourth-order valence-corrected chi connectivity index (χ4v) is 2.69. The number of carbonyl (C=O) groups excluding carboxylic acids is 4. The number of hydrogen-bond donors (Lipinski definition) is 9. The SMILES string of the molecule is CCC(C)C(N)C(=O)NC(CCCN=C(N)N)C(=O)NC(CO)C(=O)NC(CC(N)=O)C(=O)O. The summed E-state index contributed by atoms with van der Waals surface area (Å²) in [6.45, 7) is 2.90. The zero-order chi connectivity index (χ0) is 26.4. The van der Waals surface area contributed by atoms with Gasteiger partial charge in [-0.1, -0.05) is 20.3 Å². The lowest BCUT2D eigenvalue weighted by Crippen LogP contribution is -2.58. The monoisotopic (exact) mass is 488 g/mol. The molecule has 0 saturated carbocycles. The zero-order valence-corrected chi connectivity index (χ0v) is 19.3. The number of carboxylic acids is 1. The first-order valence-corrected chi connectivity index (χ1v) is 10.7. The molecule has 5 unspecified atom stereocenters. The summed E-state index contributed by atoms with van der Waals surface area (Å²) >= 11 is 0. The molecule has 0 fully saturated rings. The van der Waals surface area contributed by atoms with Gasteiger partial charge in [-0.3, -0.25) is 24.2 Å². The summed E-state index contributed by atoms with van der Waals surface area (Å²) < 4.78 is 0. The number of hydrogen-bond acceptors (Lipinski definition) is 8. The molecule has 0 bridgehead atoms. The van der Waals surface area contributed by atoms with Crippen molar-refractivity contribution >= 4 is 35.6 Å². The predicted molar refractivity (Wildman–Crippen MR) is 122 cm³/mol. The molecule has 0 aromatic carbocycles. The lowest BCUT2D eigenvalue weighted by atomic mass is 9.98. The number of guanidine groups is 1. The van der Waals surface area contributed by atoms with Crippen LogP contribution < -0.4 is 38.9 Å². The number of carbonyl (C=O) groups is 5. The normalized spacial score (nSPS) is 15.1. The minimum absolute atomic E-state index is 0.0702. The van der Waals surface area contributed by atoms with Crippen LogP contribution in [0.4, 0.5) is 0 Å². The lowest BCUT2D eigenvalue weighted by molar-refractivity contribution is -0.144. The molecule has 0 aliphatic rings. The van der Waals surface area contributed by atoms with Crippen molar-refractivity contribution in [3.05, 3.63) is 0 Å². The molecule has 34 heavy (non-hydrogen) atoms. The number of rotatable bonds is 16. The number of carboxylic acid groups (broad SMARTS) is 1. The van der Waals surface area contributed by atoms with Gasteiger partial charge < -0.3 is 49.1 Å². The van der Waals surface area contributed by atoms with Crippen LogP contribution in [0.5, 0.6) is 0 Å².